The lowest BCUT2D eigenvalue weighted by Gasteiger charge is -2.35. The summed E-state index contributed by atoms with van der Waals surface area (Å²) >= 11 is 0. The molecule has 3 aliphatic carbocycles. The zero-order chi connectivity index (χ0) is 32.0. The molecule has 5 aliphatic rings. The Balaban J connectivity index is 0.000000200. The maximum Gasteiger partial charge on any atom is 0.265 e. The Bertz CT molecular complexity index is 1660. The molecule has 3 atom stereocenters. The Morgan fingerprint density at radius 2 is 1.84 bits per heavy atom. The van der Waals surface area contributed by atoms with Crippen molar-refractivity contribution in [3.8, 4) is 0 Å². The minimum absolute atomic E-state index is 0.0152. The lowest BCUT2D eigenvalue weighted by molar-refractivity contribution is -0.128. The van der Waals surface area contributed by atoms with E-state index in [0.717, 1.165) is 73.6 Å². The number of hydrogen-bond donors (Lipinski definition) is 3. The van der Waals surface area contributed by atoms with Gasteiger partial charge in [0.2, 0.25) is 5.91 Å². The number of nitrogens with zero attached hydrogens (tertiary/aromatic N) is 1. The topological polar surface area (TPSA) is 142 Å². The van der Waals surface area contributed by atoms with Crippen LogP contribution in [0.1, 0.15) is 79.0 Å². The smallest absolute Gasteiger partial charge is 0.265 e. The van der Waals surface area contributed by atoms with E-state index in [1.807, 2.05) is 56.3 Å². The second kappa shape index (κ2) is 12.1. The first-order valence-electron chi connectivity index (χ1n) is 15.7. The summed E-state index contributed by atoms with van der Waals surface area (Å²) in [5, 5.41) is 6.12. The normalized spacial score (nSPS) is 26.2. The van der Waals surface area contributed by atoms with Crippen LogP contribution in [0.25, 0.3) is 11.6 Å². The molecule has 2 heterocycles. The average Bonchev–Trinajstić information content (AvgIpc) is 3.53. The number of carbonyl (C=O) groups is 3. The summed E-state index contributed by atoms with van der Waals surface area (Å²) in [5.74, 6) is -0.112. The summed E-state index contributed by atoms with van der Waals surface area (Å²) in [6.45, 7) is 8.27. The third-order valence-electron chi connectivity index (χ3n) is 10.6. The number of anilines is 1. The highest BCUT2D eigenvalue weighted by Crippen LogP contribution is 2.64. The van der Waals surface area contributed by atoms with Gasteiger partial charge in [-0.25, -0.2) is 0 Å². The molecule has 2 aromatic rings. The van der Waals surface area contributed by atoms with Gasteiger partial charge in [-0.05, 0) is 83.7 Å². The molecule has 2 aromatic carbocycles. The molecule has 3 unspecified atom stereocenters. The van der Waals surface area contributed by atoms with Gasteiger partial charge in [0.1, 0.15) is 5.78 Å². The van der Waals surface area contributed by atoms with Crippen LogP contribution in [0.15, 0.2) is 42.5 Å². The highest BCUT2D eigenvalue weighted by atomic mass is 32.2. The zero-order valence-electron chi connectivity index (χ0n) is 25.8. The third-order valence-corrected chi connectivity index (χ3v) is 11.5. The van der Waals surface area contributed by atoms with E-state index in [2.05, 4.69) is 21.6 Å². The van der Waals surface area contributed by atoms with Gasteiger partial charge in [0.15, 0.2) is 0 Å². The quantitative estimate of drug-likeness (QED) is 0.382. The fraction of sp³-hybridized carbons (Fsp3) is 0.500. The number of fused-ring (bicyclic) bond motifs is 7. The number of nitrogens with one attached hydrogen (secondary N) is 2. The van der Waals surface area contributed by atoms with E-state index >= 15 is 0 Å². The van der Waals surface area contributed by atoms with Crippen molar-refractivity contribution in [2.24, 2.45) is 16.7 Å². The molecule has 2 saturated carbocycles. The van der Waals surface area contributed by atoms with Crippen molar-refractivity contribution < 1.29 is 32.1 Å². The zero-order valence-corrected chi connectivity index (χ0v) is 26.6. The van der Waals surface area contributed by atoms with E-state index in [-0.39, 0.29) is 35.0 Å². The van der Waals surface area contributed by atoms with Crippen molar-refractivity contribution in [2.45, 2.75) is 52.0 Å². The number of ketones is 1. The van der Waals surface area contributed by atoms with Crippen LogP contribution in [0.4, 0.5) is 5.69 Å². The molecule has 240 valence electrons. The van der Waals surface area contributed by atoms with Crippen molar-refractivity contribution in [1.29, 1.82) is 0 Å². The molecule has 1 saturated heterocycles. The number of carbonyl (C=O) groups excluding carboxylic acids is 3. The number of morpholine rings is 1. The molecule has 0 radical (unpaired) electrons. The fourth-order valence-electron chi connectivity index (χ4n) is 7.92. The number of rotatable bonds is 7. The van der Waals surface area contributed by atoms with Gasteiger partial charge in [-0.2, -0.15) is 8.42 Å². The van der Waals surface area contributed by atoms with Gasteiger partial charge in [0.25, 0.3) is 16.0 Å². The van der Waals surface area contributed by atoms with Crippen LogP contribution in [0, 0.1) is 16.7 Å². The van der Waals surface area contributed by atoms with Crippen LogP contribution in [-0.4, -0.2) is 74.1 Å². The van der Waals surface area contributed by atoms with Crippen LogP contribution in [0.2, 0.25) is 0 Å². The lowest BCUT2D eigenvalue weighted by Crippen LogP contribution is -2.42. The minimum atomic E-state index is -4.08. The monoisotopic (exact) mass is 635 g/mol. The van der Waals surface area contributed by atoms with Crippen LogP contribution < -0.4 is 10.6 Å². The third kappa shape index (κ3) is 6.10. The Morgan fingerprint density at radius 1 is 1.11 bits per heavy atom. The Morgan fingerprint density at radius 3 is 2.51 bits per heavy atom. The van der Waals surface area contributed by atoms with Gasteiger partial charge in [-0.15, -0.1) is 0 Å². The molecular weight excluding hydrogens is 594 g/mol. The van der Waals surface area contributed by atoms with E-state index in [4.69, 9.17) is 9.29 Å². The Kier molecular flexibility index (Phi) is 8.49. The summed E-state index contributed by atoms with van der Waals surface area (Å²) in [6.07, 6.45) is 5.43. The average molecular weight is 636 g/mol. The van der Waals surface area contributed by atoms with Crippen LogP contribution in [0.5, 0.6) is 0 Å². The number of benzene rings is 2. The SMILES string of the molecule is CC1(C)C2CCC1(CS(=O)(=O)O)C(=O)C2.O=C(CCCN1CCOCC1)Nc1ccc2c(c1)C=C1c3ccccc3C(=O)NC12. The molecule has 2 amide bonds. The van der Waals surface area contributed by atoms with Gasteiger partial charge >= 0.3 is 0 Å². The van der Waals surface area contributed by atoms with Crippen molar-refractivity contribution in [2.75, 3.05) is 43.9 Å². The largest absolute Gasteiger partial charge is 0.379 e. The molecule has 10 nitrogen and oxygen atoms in total. The molecule has 2 aliphatic heterocycles. The van der Waals surface area contributed by atoms with Crippen molar-refractivity contribution >= 4 is 45.1 Å². The number of hydrogen-bond acceptors (Lipinski definition) is 7. The Labute approximate surface area is 264 Å². The molecule has 3 N–H and O–H groups in total. The van der Waals surface area contributed by atoms with Gasteiger partial charge in [-0.1, -0.05) is 38.1 Å². The van der Waals surface area contributed by atoms with Gasteiger partial charge in [-0.3, -0.25) is 23.8 Å². The predicted octanol–water partition coefficient (Wildman–Crippen LogP) is 4.35. The fourth-order valence-corrected chi connectivity index (χ4v) is 9.22. The highest BCUT2D eigenvalue weighted by Gasteiger charge is 2.65. The van der Waals surface area contributed by atoms with E-state index < -0.39 is 21.3 Å². The number of Topliss-reactive ketones (excluding diaryl/α,β-unsaturated/α-hetero) is 1. The first-order chi connectivity index (χ1) is 21.4. The molecular formula is C34H41N3O7S. The molecule has 3 fully saturated rings. The first kappa shape index (κ1) is 31.6. The van der Waals surface area contributed by atoms with E-state index in [1.54, 1.807) is 0 Å². The maximum absolute atomic E-state index is 12.5. The van der Waals surface area contributed by atoms with Crippen molar-refractivity contribution in [1.82, 2.24) is 10.2 Å². The maximum atomic E-state index is 12.5. The van der Waals surface area contributed by atoms with Crippen LogP contribution in [0.3, 0.4) is 0 Å². The van der Waals surface area contributed by atoms with Gasteiger partial charge < -0.3 is 15.4 Å². The van der Waals surface area contributed by atoms with Gasteiger partial charge in [0, 0.05) is 37.2 Å². The summed E-state index contributed by atoms with van der Waals surface area (Å²) < 4.78 is 36.3. The second-order valence-electron chi connectivity index (χ2n) is 13.4. The van der Waals surface area contributed by atoms with Gasteiger partial charge in [0.05, 0.1) is 30.4 Å². The molecule has 7 rings (SSSR count). The van der Waals surface area contributed by atoms with E-state index in [1.165, 1.54) is 0 Å². The lowest BCUT2D eigenvalue weighted by atomic mass is 9.70. The molecule has 11 heteroatoms. The summed E-state index contributed by atoms with van der Waals surface area (Å²) in [6, 6.07) is 13.5. The second-order valence-corrected chi connectivity index (χ2v) is 14.8. The molecule has 0 aromatic heterocycles. The summed E-state index contributed by atoms with van der Waals surface area (Å²) in [5.41, 5.74) is 4.58. The minimum Gasteiger partial charge on any atom is -0.379 e. The summed E-state index contributed by atoms with van der Waals surface area (Å²) in [4.78, 5) is 39.1. The van der Waals surface area contributed by atoms with Crippen LogP contribution in [-0.2, 0) is 24.4 Å². The predicted molar refractivity (Wildman–Crippen MR) is 171 cm³/mol. The van der Waals surface area contributed by atoms with Crippen LogP contribution >= 0.6 is 0 Å². The van der Waals surface area contributed by atoms with E-state index in [0.29, 0.717) is 24.8 Å². The van der Waals surface area contributed by atoms with Crippen molar-refractivity contribution in [3.05, 3.63) is 64.7 Å². The molecule has 45 heavy (non-hydrogen) atoms. The Hall–Kier alpha value is -3.38. The van der Waals surface area contributed by atoms with Crippen molar-refractivity contribution in [3.63, 3.8) is 0 Å². The standard InChI is InChI=1S/C24H25N3O3.C10H16O4S/c28-22(6-3-9-27-10-12-30-13-11-27)25-17-7-8-18-16(14-17)15-21-19-4-1-2-5-20(19)24(29)26-23(18)21;1-9(2)7-3-4-10(9,8(11)5-7)6-15(12,13)14/h1-2,4-5,7-8,14-15,23H,3,6,9-13H2,(H,25,28)(H,26,29);7H,3-6H2,1-2H3,(H,12,13,14). The highest BCUT2D eigenvalue weighted by molar-refractivity contribution is 7.85. The summed E-state index contributed by atoms with van der Waals surface area (Å²) in [7, 11) is -4.08. The van der Waals surface area contributed by atoms with E-state index in [9.17, 15) is 22.8 Å². The molecule has 0 spiro atoms. The first-order valence-corrected chi connectivity index (χ1v) is 17.3. The number of amides is 2. The number of ether oxygens (including phenoxy) is 1. The molecule has 2 bridgehead atoms.